The van der Waals surface area contributed by atoms with Crippen LogP contribution < -0.4 is 0 Å². The minimum absolute atomic E-state index is 0.179. The molecule has 0 saturated carbocycles. The number of hydrogen-bond acceptors (Lipinski definition) is 3. The number of hydrogen-bond donors (Lipinski definition) is 1. The van der Waals surface area contributed by atoms with Crippen molar-refractivity contribution in [3.05, 3.63) is 52.7 Å². The third kappa shape index (κ3) is 1.96. The lowest BCUT2D eigenvalue weighted by molar-refractivity contribution is 0.0698. The molecule has 3 nitrogen and oxygen atoms in total. The maximum absolute atomic E-state index is 13.4. The van der Waals surface area contributed by atoms with Crippen molar-refractivity contribution < 1.29 is 14.3 Å². The Morgan fingerprint density at radius 1 is 1.35 bits per heavy atom. The lowest BCUT2D eigenvalue weighted by atomic mass is 10.0. The van der Waals surface area contributed by atoms with E-state index in [0.29, 0.717) is 22.2 Å². The second kappa shape index (κ2) is 4.68. The zero-order valence-corrected chi connectivity index (χ0v) is 11.4. The summed E-state index contributed by atoms with van der Waals surface area (Å²) < 4.78 is 13.4. The molecule has 1 N–H and O–H groups in total. The summed E-state index contributed by atoms with van der Waals surface area (Å²) in [6.45, 7) is 1.73. The van der Waals surface area contributed by atoms with Gasteiger partial charge in [-0.25, -0.2) is 14.2 Å². The van der Waals surface area contributed by atoms with Crippen molar-refractivity contribution >= 4 is 28.2 Å². The molecule has 0 spiro atoms. The smallest absolute Gasteiger partial charge is 0.336 e. The average Bonchev–Trinajstić information content (AvgIpc) is 2.91. The molecule has 5 heteroatoms. The van der Waals surface area contributed by atoms with Gasteiger partial charge in [0.05, 0.1) is 21.7 Å². The first-order valence-corrected chi connectivity index (χ1v) is 6.83. The van der Waals surface area contributed by atoms with Gasteiger partial charge in [-0.1, -0.05) is 6.07 Å². The summed E-state index contributed by atoms with van der Waals surface area (Å²) in [5.74, 6) is -1.46. The van der Waals surface area contributed by atoms with Gasteiger partial charge in [0.15, 0.2) is 0 Å². The van der Waals surface area contributed by atoms with Crippen LogP contribution in [-0.2, 0) is 0 Å². The number of rotatable bonds is 2. The maximum atomic E-state index is 13.4. The summed E-state index contributed by atoms with van der Waals surface area (Å²) in [6.07, 6.45) is 0. The fourth-order valence-corrected chi connectivity index (χ4v) is 3.03. The Morgan fingerprint density at radius 3 is 2.80 bits per heavy atom. The summed E-state index contributed by atoms with van der Waals surface area (Å²) >= 11 is 1.47. The lowest BCUT2D eigenvalue weighted by Gasteiger charge is -2.10. The molecule has 0 aliphatic rings. The lowest BCUT2D eigenvalue weighted by Crippen LogP contribution is -2.04. The molecule has 0 atom stereocenters. The highest BCUT2D eigenvalue weighted by molar-refractivity contribution is 7.13. The third-order valence-electron chi connectivity index (χ3n) is 3.16. The highest BCUT2D eigenvalue weighted by atomic mass is 32.1. The Bertz CT molecular complexity index is 812. The van der Waals surface area contributed by atoms with Crippen molar-refractivity contribution in [2.45, 2.75) is 6.92 Å². The van der Waals surface area contributed by atoms with E-state index in [1.54, 1.807) is 6.92 Å². The van der Waals surface area contributed by atoms with E-state index in [1.165, 1.54) is 29.5 Å². The van der Waals surface area contributed by atoms with Gasteiger partial charge in [0.25, 0.3) is 0 Å². The van der Waals surface area contributed by atoms with Gasteiger partial charge in [-0.15, -0.1) is 11.3 Å². The van der Waals surface area contributed by atoms with Gasteiger partial charge < -0.3 is 5.11 Å². The van der Waals surface area contributed by atoms with E-state index >= 15 is 0 Å². The van der Waals surface area contributed by atoms with Crippen LogP contribution in [0.3, 0.4) is 0 Å². The predicted molar refractivity (Wildman–Crippen MR) is 76.7 cm³/mol. The fraction of sp³-hybridized carbons (Fsp3) is 0.0667. The van der Waals surface area contributed by atoms with Gasteiger partial charge in [0, 0.05) is 11.5 Å². The van der Waals surface area contributed by atoms with Crippen molar-refractivity contribution in [1.29, 1.82) is 0 Å². The highest BCUT2D eigenvalue weighted by Crippen LogP contribution is 2.32. The van der Waals surface area contributed by atoms with Crippen LogP contribution in [0.15, 0.2) is 35.7 Å². The first kappa shape index (κ1) is 12.7. The topological polar surface area (TPSA) is 50.2 Å². The third-order valence-corrected chi connectivity index (χ3v) is 4.04. The van der Waals surface area contributed by atoms with E-state index in [0.717, 1.165) is 4.88 Å². The molecule has 0 fully saturated rings. The second-order valence-corrected chi connectivity index (χ2v) is 5.35. The molecule has 0 radical (unpaired) electrons. The SMILES string of the molecule is Cc1c(-c2cccs2)nc2cc(F)ccc2c1C(=O)O. The predicted octanol–water partition coefficient (Wildman–Crippen LogP) is 4.11. The van der Waals surface area contributed by atoms with Crippen molar-refractivity contribution in [2.75, 3.05) is 0 Å². The molecule has 0 amide bonds. The molecule has 3 aromatic rings. The van der Waals surface area contributed by atoms with Crippen LogP contribution in [0, 0.1) is 12.7 Å². The first-order valence-electron chi connectivity index (χ1n) is 5.95. The van der Waals surface area contributed by atoms with E-state index in [9.17, 15) is 14.3 Å². The van der Waals surface area contributed by atoms with E-state index < -0.39 is 11.8 Å². The molecule has 20 heavy (non-hydrogen) atoms. The number of carbonyl (C=O) groups is 1. The molecular formula is C15H10FNO2S. The van der Waals surface area contributed by atoms with Crippen molar-refractivity contribution in [2.24, 2.45) is 0 Å². The van der Waals surface area contributed by atoms with E-state index in [2.05, 4.69) is 4.98 Å². The molecule has 0 unspecified atom stereocenters. The molecular weight excluding hydrogens is 277 g/mol. The normalized spacial score (nSPS) is 10.9. The van der Waals surface area contributed by atoms with Crippen molar-refractivity contribution in [3.8, 4) is 10.6 Å². The van der Waals surface area contributed by atoms with Gasteiger partial charge in [0.1, 0.15) is 5.82 Å². The molecule has 0 saturated heterocycles. The van der Waals surface area contributed by atoms with Gasteiger partial charge in [-0.3, -0.25) is 0 Å². The Balaban J connectivity index is 2.43. The number of nitrogens with zero attached hydrogens (tertiary/aromatic N) is 1. The van der Waals surface area contributed by atoms with Crippen LogP contribution in [-0.4, -0.2) is 16.1 Å². The largest absolute Gasteiger partial charge is 0.478 e. The zero-order chi connectivity index (χ0) is 14.3. The number of aromatic nitrogens is 1. The molecule has 0 aliphatic carbocycles. The second-order valence-electron chi connectivity index (χ2n) is 4.40. The van der Waals surface area contributed by atoms with Gasteiger partial charge in [0.2, 0.25) is 0 Å². The minimum atomic E-state index is -1.03. The molecule has 1 aromatic carbocycles. The Hall–Kier alpha value is -2.27. The number of carboxylic acid groups (broad SMARTS) is 1. The number of pyridine rings is 1. The molecule has 0 aliphatic heterocycles. The number of benzene rings is 1. The number of thiophene rings is 1. The number of aromatic carboxylic acids is 1. The molecule has 2 heterocycles. The van der Waals surface area contributed by atoms with Gasteiger partial charge >= 0.3 is 5.97 Å². The molecule has 2 aromatic heterocycles. The van der Waals surface area contributed by atoms with Crippen molar-refractivity contribution in [3.63, 3.8) is 0 Å². The average molecular weight is 287 g/mol. The van der Waals surface area contributed by atoms with Gasteiger partial charge in [-0.2, -0.15) is 0 Å². The summed E-state index contributed by atoms with van der Waals surface area (Å²) in [6, 6.07) is 7.72. The number of fused-ring (bicyclic) bond motifs is 1. The Kier molecular flexibility index (Phi) is 2.99. The highest BCUT2D eigenvalue weighted by Gasteiger charge is 2.18. The summed E-state index contributed by atoms with van der Waals surface area (Å²) in [4.78, 5) is 16.8. The summed E-state index contributed by atoms with van der Waals surface area (Å²) in [7, 11) is 0. The van der Waals surface area contributed by atoms with Crippen LogP contribution in [0.5, 0.6) is 0 Å². The van der Waals surface area contributed by atoms with E-state index in [4.69, 9.17) is 0 Å². The standard InChI is InChI=1S/C15H10FNO2S/c1-8-13(15(18)19)10-5-4-9(16)7-11(10)17-14(8)12-3-2-6-20-12/h2-7H,1H3,(H,18,19). The zero-order valence-electron chi connectivity index (χ0n) is 10.6. The Labute approximate surface area is 118 Å². The maximum Gasteiger partial charge on any atom is 0.336 e. The van der Waals surface area contributed by atoms with Crippen LogP contribution in [0.2, 0.25) is 0 Å². The minimum Gasteiger partial charge on any atom is -0.478 e. The van der Waals surface area contributed by atoms with E-state index in [-0.39, 0.29) is 5.56 Å². The fourth-order valence-electron chi connectivity index (χ4n) is 2.26. The first-order chi connectivity index (χ1) is 9.58. The summed E-state index contributed by atoms with van der Waals surface area (Å²) in [5.41, 5.74) is 1.73. The monoisotopic (exact) mass is 287 g/mol. The number of carboxylic acids is 1. The molecule has 3 rings (SSSR count). The van der Waals surface area contributed by atoms with Crippen LogP contribution >= 0.6 is 11.3 Å². The van der Waals surface area contributed by atoms with Crippen LogP contribution in [0.25, 0.3) is 21.5 Å². The quantitative estimate of drug-likeness (QED) is 0.771. The number of halogens is 1. The summed E-state index contributed by atoms with van der Waals surface area (Å²) in [5, 5.41) is 11.8. The van der Waals surface area contributed by atoms with Crippen LogP contribution in [0.4, 0.5) is 4.39 Å². The van der Waals surface area contributed by atoms with Crippen LogP contribution in [0.1, 0.15) is 15.9 Å². The molecule has 100 valence electrons. The Morgan fingerprint density at radius 2 is 2.15 bits per heavy atom. The van der Waals surface area contributed by atoms with Gasteiger partial charge in [-0.05, 0) is 36.1 Å². The molecule has 0 bridgehead atoms. The van der Waals surface area contributed by atoms with Crippen molar-refractivity contribution in [1.82, 2.24) is 4.98 Å². The van der Waals surface area contributed by atoms with E-state index in [1.807, 2.05) is 17.5 Å².